The number of benzene rings is 4. The minimum Gasteiger partial charge on any atom is -0.459 e. The van der Waals surface area contributed by atoms with Gasteiger partial charge in [0.15, 0.2) is 6.10 Å². The molecule has 40 heavy (non-hydrogen) atoms. The average molecular weight is 556 g/mol. The predicted molar refractivity (Wildman–Crippen MR) is 161 cm³/mol. The number of nitrogens with one attached hydrogen (secondary N) is 1. The molecule has 0 saturated heterocycles. The SMILES string of the molecule is CC(=O)N[C@H](CO[Si](c1ccccc1)(c1ccccc1)C(C)(C)C)[C@H](O)C(=O)OCc1ccc2ccccc2c1. The van der Waals surface area contributed by atoms with E-state index in [9.17, 15) is 14.7 Å². The van der Waals surface area contributed by atoms with E-state index >= 15 is 0 Å². The molecule has 208 valence electrons. The van der Waals surface area contributed by atoms with Crippen molar-refractivity contribution in [1.29, 1.82) is 0 Å². The summed E-state index contributed by atoms with van der Waals surface area (Å²) in [6, 6.07) is 32.8. The number of carbonyl (C=O) groups is 2. The largest absolute Gasteiger partial charge is 0.459 e. The lowest BCUT2D eigenvalue weighted by Crippen LogP contribution is -2.68. The summed E-state index contributed by atoms with van der Waals surface area (Å²) in [5.74, 6) is -1.20. The first-order valence-electron chi connectivity index (χ1n) is 13.5. The molecule has 0 aliphatic rings. The van der Waals surface area contributed by atoms with Gasteiger partial charge in [0, 0.05) is 6.92 Å². The van der Waals surface area contributed by atoms with Crippen molar-refractivity contribution in [2.45, 2.75) is 51.5 Å². The van der Waals surface area contributed by atoms with Crippen LogP contribution in [0.4, 0.5) is 0 Å². The van der Waals surface area contributed by atoms with Crippen molar-refractivity contribution in [3.8, 4) is 0 Å². The van der Waals surface area contributed by atoms with E-state index in [1.807, 2.05) is 78.9 Å². The molecule has 0 unspecified atom stereocenters. The normalized spacial score (nSPS) is 13.4. The second kappa shape index (κ2) is 12.6. The maximum atomic E-state index is 13.0. The molecule has 0 spiro atoms. The van der Waals surface area contributed by atoms with Crippen LogP contribution < -0.4 is 15.7 Å². The zero-order chi connectivity index (χ0) is 28.8. The zero-order valence-electron chi connectivity index (χ0n) is 23.5. The molecule has 1 amide bonds. The second-order valence-electron chi connectivity index (χ2n) is 11.0. The van der Waals surface area contributed by atoms with E-state index < -0.39 is 26.4 Å². The molecule has 0 aromatic heterocycles. The van der Waals surface area contributed by atoms with Gasteiger partial charge in [-0.1, -0.05) is 118 Å². The van der Waals surface area contributed by atoms with Crippen LogP contribution in [0.3, 0.4) is 0 Å². The summed E-state index contributed by atoms with van der Waals surface area (Å²) in [5.41, 5.74) is 0.805. The molecule has 0 fully saturated rings. The van der Waals surface area contributed by atoms with Crippen molar-refractivity contribution in [3.05, 3.63) is 109 Å². The number of rotatable bonds is 10. The lowest BCUT2D eigenvalue weighted by atomic mass is 10.1. The van der Waals surface area contributed by atoms with Gasteiger partial charge in [0.25, 0.3) is 8.32 Å². The van der Waals surface area contributed by atoms with Crippen molar-refractivity contribution >= 4 is 41.3 Å². The Labute approximate surface area is 237 Å². The Bertz CT molecular complexity index is 1400. The fourth-order valence-electron chi connectivity index (χ4n) is 5.18. The molecule has 6 nitrogen and oxygen atoms in total. The monoisotopic (exact) mass is 555 g/mol. The highest BCUT2D eigenvalue weighted by molar-refractivity contribution is 6.99. The minimum absolute atomic E-state index is 0.00306. The molecule has 0 bridgehead atoms. The van der Waals surface area contributed by atoms with Gasteiger partial charge >= 0.3 is 5.97 Å². The summed E-state index contributed by atoms with van der Waals surface area (Å²) in [4.78, 5) is 25.1. The maximum Gasteiger partial charge on any atom is 0.337 e. The van der Waals surface area contributed by atoms with Gasteiger partial charge in [-0.3, -0.25) is 4.79 Å². The lowest BCUT2D eigenvalue weighted by Gasteiger charge is -2.44. The van der Waals surface area contributed by atoms with Crippen LogP contribution in [-0.2, 0) is 25.4 Å². The van der Waals surface area contributed by atoms with Gasteiger partial charge in [-0.25, -0.2) is 4.79 Å². The molecule has 0 radical (unpaired) electrons. The van der Waals surface area contributed by atoms with Crippen LogP contribution in [0.15, 0.2) is 103 Å². The van der Waals surface area contributed by atoms with Gasteiger partial charge in [0.1, 0.15) is 6.61 Å². The third-order valence-electron chi connectivity index (χ3n) is 7.10. The summed E-state index contributed by atoms with van der Waals surface area (Å²) < 4.78 is 12.4. The Morgan fingerprint density at radius 3 is 1.93 bits per heavy atom. The third-order valence-corrected chi connectivity index (χ3v) is 12.1. The molecule has 0 aliphatic carbocycles. The summed E-state index contributed by atoms with van der Waals surface area (Å²) >= 11 is 0. The highest BCUT2D eigenvalue weighted by Gasteiger charge is 2.50. The summed E-state index contributed by atoms with van der Waals surface area (Å²) in [5, 5.41) is 17.7. The Morgan fingerprint density at radius 2 is 1.38 bits per heavy atom. The van der Waals surface area contributed by atoms with E-state index in [1.54, 1.807) is 0 Å². The maximum absolute atomic E-state index is 13.0. The first-order chi connectivity index (χ1) is 19.1. The summed E-state index contributed by atoms with van der Waals surface area (Å²) in [6.45, 7) is 7.70. The summed E-state index contributed by atoms with van der Waals surface area (Å²) in [6.07, 6.45) is -1.61. The van der Waals surface area contributed by atoms with Gasteiger partial charge in [-0.15, -0.1) is 0 Å². The molecular formula is C33H37NO5Si. The number of esters is 1. The highest BCUT2D eigenvalue weighted by Crippen LogP contribution is 2.37. The van der Waals surface area contributed by atoms with Crippen LogP contribution >= 0.6 is 0 Å². The number of hydrogen-bond donors (Lipinski definition) is 2. The van der Waals surface area contributed by atoms with Crippen molar-refractivity contribution in [2.75, 3.05) is 6.61 Å². The number of ether oxygens (including phenoxy) is 1. The Hall–Kier alpha value is -3.78. The van der Waals surface area contributed by atoms with Crippen LogP contribution in [-0.4, -0.2) is 44.1 Å². The zero-order valence-corrected chi connectivity index (χ0v) is 24.5. The van der Waals surface area contributed by atoms with Crippen LogP contribution in [0.5, 0.6) is 0 Å². The minimum atomic E-state index is -2.96. The van der Waals surface area contributed by atoms with E-state index in [0.29, 0.717) is 0 Å². The summed E-state index contributed by atoms with van der Waals surface area (Å²) in [7, 11) is -2.96. The first kappa shape index (κ1) is 29.2. The number of amides is 1. The van der Waals surface area contributed by atoms with Crippen molar-refractivity contribution < 1.29 is 23.9 Å². The molecule has 2 N–H and O–H groups in total. The van der Waals surface area contributed by atoms with Crippen LogP contribution in [0.2, 0.25) is 5.04 Å². The molecule has 2 atom stereocenters. The predicted octanol–water partition coefficient (Wildman–Crippen LogP) is 4.33. The molecule has 4 aromatic rings. The molecular weight excluding hydrogens is 518 g/mol. The number of fused-ring (bicyclic) bond motifs is 1. The fourth-order valence-corrected chi connectivity index (χ4v) is 9.77. The standard InChI is InChI=1S/C33H37NO5Si/c1-24(35)34-30(31(36)32(37)38-22-25-19-20-26-13-11-12-14-27(26)21-25)23-39-40(33(2,3)4,28-15-7-5-8-16-28)29-17-9-6-10-18-29/h5-21,30-31,36H,22-23H2,1-4H3,(H,34,35)/t30-,31+/m1/s1. The van der Waals surface area contributed by atoms with Crippen molar-refractivity contribution in [3.63, 3.8) is 0 Å². The number of aliphatic hydroxyl groups is 1. The number of hydrogen-bond acceptors (Lipinski definition) is 5. The molecule has 0 saturated carbocycles. The van der Waals surface area contributed by atoms with Gasteiger partial charge in [-0.05, 0) is 37.8 Å². The van der Waals surface area contributed by atoms with E-state index in [-0.39, 0.29) is 24.2 Å². The van der Waals surface area contributed by atoms with Crippen LogP contribution in [0.25, 0.3) is 10.8 Å². The molecule has 0 heterocycles. The Kier molecular flexibility index (Phi) is 9.20. The fraction of sp³-hybridized carbons (Fsp3) is 0.273. The Morgan fingerprint density at radius 1 is 0.825 bits per heavy atom. The second-order valence-corrected chi connectivity index (χ2v) is 15.3. The number of aliphatic hydroxyl groups excluding tert-OH is 1. The molecule has 7 heteroatoms. The van der Waals surface area contributed by atoms with Gasteiger partial charge in [-0.2, -0.15) is 0 Å². The van der Waals surface area contributed by atoms with E-state index in [0.717, 1.165) is 26.7 Å². The van der Waals surface area contributed by atoms with Gasteiger partial charge < -0.3 is 19.6 Å². The van der Waals surface area contributed by atoms with Crippen LogP contribution in [0.1, 0.15) is 33.3 Å². The lowest BCUT2D eigenvalue weighted by molar-refractivity contribution is -0.157. The van der Waals surface area contributed by atoms with E-state index in [2.05, 4.69) is 50.4 Å². The molecule has 4 aromatic carbocycles. The highest BCUT2D eigenvalue weighted by atomic mass is 28.4. The Balaban J connectivity index is 1.57. The molecule has 4 rings (SSSR count). The van der Waals surface area contributed by atoms with Crippen molar-refractivity contribution in [1.82, 2.24) is 5.32 Å². The van der Waals surface area contributed by atoms with E-state index in [4.69, 9.17) is 9.16 Å². The average Bonchev–Trinajstić information content (AvgIpc) is 2.95. The topological polar surface area (TPSA) is 84.9 Å². The molecule has 0 aliphatic heterocycles. The number of carbonyl (C=O) groups excluding carboxylic acids is 2. The first-order valence-corrected chi connectivity index (χ1v) is 15.4. The smallest absolute Gasteiger partial charge is 0.337 e. The van der Waals surface area contributed by atoms with Crippen molar-refractivity contribution in [2.24, 2.45) is 0 Å². The van der Waals surface area contributed by atoms with Gasteiger partial charge in [0.05, 0.1) is 12.6 Å². The van der Waals surface area contributed by atoms with Crippen LogP contribution in [0, 0.1) is 0 Å². The van der Waals surface area contributed by atoms with E-state index in [1.165, 1.54) is 6.92 Å². The van der Waals surface area contributed by atoms with Gasteiger partial charge in [0.2, 0.25) is 5.91 Å². The third kappa shape index (κ3) is 6.50. The quantitative estimate of drug-likeness (QED) is 0.225.